The number of fused-ring (bicyclic) bond motifs is 1. The van der Waals surface area contributed by atoms with Crippen LogP contribution in [0.4, 0.5) is 5.95 Å². The van der Waals surface area contributed by atoms with Gasteiger partial charge in [-0.1, -0.05) is 0 Å². The first kappa shape index (κ1) is 16.7. The van der Waals surface area contributed by atoms with Gasteiger partial charge in [-0.25, -0.2) is 15.0 Å². The zero-order valence-electron chi connectivity index (χ0n) is 15.2. The fourth-order valence-electron chi connectivity index (χ4n) is 3.45. The van der Waals surface area contributed by atoms with Crippen molar-refractivity contribution >= 4 is 5.95 Å². The molecule has 0 aromatic carbocycles. The largest absolute Gasteiger partial charge is 0.353 e. The van der Waals surface area contributed by atoms with E-state index in [9.17, 15) is 0 Å². The number of nitrogens with one attached hydrogen (secondary N) is 1. The summed E-state index contributed by atoms with van der Waals surface area (Å²) >= 11 is 0. The van der Waals surface area contributed by atoms with Gasteiger partial charge in [-0.05, 0) is 13.0 Å². The first-order valence-corrected chi connectivity index (χ1v) is 8.98. The third kappa shape index (κ3) is 3.45. The molecule has 8 heteroatoms. The molecule has 1 aliphatic heterocycles. The third-order valence-electron chi connectivity index (χ3n) is 4.90. The molecule has 1 atom stereocenters. The van der Waals surface area contributed by atoms with E-state index in [1.165, 1.54) is 17.0 Å². The van der Waals surface area contributed by atoms with Crippen LogP contribution < -0.4 is 5.32 Å². The van der Waals surface area contributed by atoms with Crippen LogP contribution in [0.1, 0.15) is 23.9 Å². The van der Waals surface area contributed by atoms with Gasteiger partial charge in [0, 0.05) is 75.5 Å². The second kappa shape index (κ2) is 7.25. The van der Waals surface area contributed by atoms with Crippen LogP contribution in [0.2, 0.25) is 0 Å². The average molecular weight is 352 g/mol. The van der Waals surface area contributed by atoms with Crippen LogP contribution in [0, 0.1) is 0 Å². The van der Waals surface area contributed by atoms with E-state index >= 15 is 0 Å². The Bertz CT molecular complexity index is 853. The minimum atomic E-state index is 0.340. The zero-order valence-corrected chi connectivity index (χ0v) is 15.2. The third-order valence-corrected chi connectivity index (χ3v) is 4.90. The van der Waals surface area contributed by atoms with Crippen LogP contribution >= 0.6 is 0 Å². The van der Waals surface area contributed by atoms with Crippen molar-refractivity contribution in [2.24, 2.45) is 7.05 Å². The summed E-state index contributed by atoms with van der Waals surface area (Å²) in [4.78, 5) is 15.6. The quantitative estimate of drug-likeness (QED) is 0.724. The zero-order chi connectivity index (χ0) is 17.9. The molecular weight excluding hydrogens is 328 g/mol. The molecule has 4 rings (SSSR count). The topological polar surface area (TPSA) is 76.7 Å². The molecule has 0 saturated carbocycles. The van der Waals surface area contributed by atoms with Crippen molar-refractivity contribution in [1.82, 2.24) is 34.2 Å². The van der Waals surface area contributed by atoms with Crippen molar-refractivity contribution in [3.8, 4) is 0 Å². The predicted octanol–water partition coefficient (Wildman–Crippen LogP) is 1.47. The lowest BCUT2D eigenvalue weighted by Gasteiger charge is -2.35. The maximum absolute atomic E-state index is 4.58. The summed E-state index contributed by atoms with van der Waals surface area (Å²) < 4.78 is 4.10. The SMILES string of the molecule is CCn1cc(CN2Cc3ncn(C)c3CC2CNc2ncccn2)cn1. The van der Waals surface area contributed by atoms with Crippen LogP contribution in [0.25, 0.3) is 0 Å². The summed E-state index contributed by atoms with van der Waals surface area (Å²) in [5, 5.41) is 7.78. The van der Waals surface area contributed by atoms with Crippen LogP contribution in [0.15, 0.2) is 37.2 Å². The summed E-state index contributed by atoms with van der Waals surface area (Å²) in [6, 6.07) is 2.16. The van der Waals surface area contributed by atoms with Gasteiger partial charge in [0.05, 0.1) is 18.2 Å². The molecule has 136 valence electrons. The summed E-state index contributed by atoms with van der Waals surface area (Å²) in [6.45, 7) is 5.48. The Balaban J connectivity index is 1.52. The number of aromatic nitrogens is 6. The molecule has 3 aromatic heterocycles. The summed E-state index contributed by atoms with van der Waals surface area (Å²) in [5.41, 5.74) is 3.71. The Morgan fingerprint density at radius 3 is 2.85 bits per heavy atom. The fraction of sp³-hybridized carbons (Fsp3) is 0.444. The van der Waals surface area contributed by atoms with E-state index in [2.05, 4.69) is 55.0 Å². The molecule has 3 aromatic rings. The number of anilines is 1. The number of hydrogen-bond donors (Lipinski definition) is 1. The molecular formula is C18H24N8. The highest BCUT2D eigenvalue weighted by Gasteiger charge is 2.29. The van der Waals surface area contributed by atoms with Gasteiger partial charge in [0.15, 0.2) is 0 Å². The Kier molecular flexibility index (Phi) is 4.66. The van der Waals surface area contributed by atoms with Crippen molar-refractivity contribution in [2.75, 3.05) is 11.9 Å². The number of hydrogen-bond acceptors (Lipinski definition) is 6. The normalized spacial score (nSPS) is 17.2. The Labute approximate surface area is 152 Å². The highest BCUT2D eigenvalue weighted by atomic mass is 15.3. The molecule has 26 heavy (non-hydrogen) atoms. The number of nitrogens with zero attached hydrogens (tertiary/aromatic N) is 7. The molecule has 0 amide bonds. The molecule has 1 unspecified atom stereocenters. The van der Waals surface area contributed by atoms with E-state index in [0.29, 0.717) is 12.0 Å². The molecule has 0 radical (unpaired) electrons. The van der Waals surface area contributed by atoms with Crippen molar-refractivity contribution in [3.05, 3.63) is 54.1 Å². The first-order chi connectivity index (χ1) is 12.7. The van der Waals surface area contributed by atoms with Crippen LogP contribution in [0.3, 0.4) is 0 Å². The predicted molar refractivity (Wildman–Crippen MR) is 98.4 cm³/mol. The van der Waals surface area contributed by atoms with E-state index in [4.69, 9.17) is 0 Å². The van der Waals surface area contributed by atoms with Crippen molar-refractivity contribution < 1.29 is 0 Å². The molecule has 1 aliphatic rings. The van der Waals surface area contributed by atoms with E-state index in [1.54, 1.807) is 12.4 Å². The van der Waals surface area contributed by atoms with Crippen molar-refractivity contribution in [2.45, 2.75) is 39.0 Å². The molecule has 8 nitrogen and oxygen atoms in total. The van der Waals surface area contributed by atoms with E-state index in [-0.39, 0.29) is 0 Å². The van der Waals surface area contributed by atoms with Crippen LogP contribution in [-0.2, 0) is 33.1 Å². The van der Waals surface area contributed by atoms with Gasteiger partial charge < -0.3 is 9.88 Å². The number of imidazole rings is 1. The van der Waals surface area contributed by atoms with E-state index < -0.39 is 0 Å². The number of aryl methyl sites for hydroxylation is 2. The molecule has 0 aliphatic carbocycles. The molecule has 1 N–H and O–H groups in total. The highest BCUT2D eigenvalue weighted by Crippen LogP contribution is 2.24. The lowest BCUT2D eigenvalue weighted by Crippen LogP contribution is -2.44. The minimum absolute atomic E-state index is 0.340. The standard InChI is InChI=1S/C18H24N8/c1-3-26-11-14(8-23-26)10-25-12-16-17(24(2)13-22-16)7-15(25)9-21-18-19-5-4-6-20-18/h4-6,8,11,13,15H,3,7,9-10,12H2,1-2H3,(H,19,20,21). The van der Waals surface area contributed by atoms with Gasteiger partial charge in [-0.2, -0.15) is 5.10 Å². The van der Waals surface area contributed by atoms with Gasteiger partial charge >= 0.3 is 0 Å². The first-order valence-electron chi connectivity index (χ1n) is 8.98. The molecule has 0 bridgehead atoms. The monoisotopic (exact) mass is 352 g/mol. The van der Waals surface area contributed by atoms with Crippen LogP contribution in [-0.4, -0.2) is 46.8 Å². The van der Waals surface area contributed by atoms with E-state index in [1.807, 2.05) is 23.3 Å². The summed E-state index contributed by atoms with van der Waals surface area (Å²) in [5.74, 6) is 0.669. The average Bonchev–Trinajstić information content (AvgIpc) is 3.27. The lowest BCUT2D eigenvalue weighted by molar-refractivity contribution is 0.165. The maximum atomic E-state index is 4.58. The smallest absolute Gasteiger partial charge is 0.222 e. The van der Waals surface area contributed by atoms with Gasteiger partial charge in [0.25, 0.3) is 0 Å². The maximum Gasteiger partial charge on any atom is 0.222 e. The summed E-state index contributed by atoms with van der Waals surface area (Å²) in [6.07, 6.45) is 10.5. The van der Waals surface area contributed by atoms with E-state index in [0.717, 1.165) is 32.6 Å². The Morgan fingerprint density at radius 1 is 1.23 bits per heavy atom. The second-order valence-electron chi connectivity index (χ2n) is 6.67. The lowest BCUT2D eigenvalue weighted by atomic mass is 10.0. The number of rotatable bonds is 6. The van der Waals surface area contributed by atoms with Crippen molar-refractivity contribution in [3.63, 3.8) is 0 Å². The van der Waals surface area contributed by atoms with Gasteiger partial charge in [0.2, 0.25) is 5.95 Å². The molecule has 0 fully saturated rings. The molecule has 0 spiro atoms. The van der Waals surface area contributed by atoms with Crippen molar-refractivity contribution in [1.29, 1.82) is 0 Å². The Morgan fingerprint density at radius 2 is 2.08 bits per heavy atom. The second-order valence-corrected chi connectivity index (χ2v) is 6.67. The molecule has 0 saturated heterocycles. The highest BCUT2D eigenvalue weighted by molar-refractivity contribution is 5.25. The minimum Gasteiger partial charge on any atom is -0.353 e. The van der Waals surface area contributed by atoms with Gasteiger partial charge in [0.1, 0.15) is 0 Å². The summed E-state index contributed by atoms with van der Waals surface area (Å²) in [7, 11) is 2.07. The van der Waals surface area contributed by atoms with Crippen LogP contribution in [0.5, 0.6) is 0 Å². The van der Waals surface area contributed by atoms with Gasteiger partial charge in [-0.15, -0.1) is 0 Å². The molecule has 4 heterocycles. The van der Waals surface area contributed by atoms with Gasteiger partial charge in [-0.3, -0.25) is 9.58 Å². The fourth-order valence-corrected chi connectivity index (χ4v) is 3.45. The Hall–Kier alpha value is -2.74.